The van der Waals surface area contributed by atoms with E-state index >= 15 is 0 Å². The second-order valence-electron chi connectivity index (χ2n) is 9.87. The van der Waals surface area contributed by atoms with Gasteiger partial charge in [0.25, 0.3) is 0 Å². The van der Waals surface area contributed by atoms with Gasteiger partial charge in [-0.25, -0.2) is 9.82 Å². The Kier molecular flexibility index (Phi) is 9.29. The van der Waals surface area contributed by atoms with Crippen LogP contribution in [0.2, 0.25) is 0 Å². The van der Waals surface area contributed by atoms with Crippen LogP contribution < -0.4 is 24.4 Å². The lowest BCUT2D eigenvalue weighted by Crippen LogP contribution is -2.16. The summed E-state index contributed by atoms with van der Waals surface area (Å²) in [6.45, 7) is 4.40. The summed E-state index contributed by atoms with van der Waals surface area (Å²) in [5.41, 5.74) is 7.05. The second-order valence-corrected chi connectivity index (χ2v) is 9.87. The number of nitrogens with zero attached hydrogens (tertiary/aromatic N) is 2. The molecule has 0 aliphatic carbocycles. The second kappa shape index (κ2) is 13.6. The van der Waals surface area contributed by atoms with Gasteiger partial charge >= 0.3 is 5.91 Å². The molecule has 10 heteroatoms. The Hall–Kier alpha value is -5.51. The molecule has 0 aliphatic heterocycles. The van der Waals surface area contributed by atoms with E-state index in [4.69, 9.17) is 23.4 Å². The van der Waals surface area contributed by atoms with Gasteiger partial charge in [0.2, 0.25) is 5.75 Å². The molecule has 3 aromatic carbocycles. The standard InChI is InChI=1S/C34H32FN3O6/c1-22-8-9-23(2)38(22)27-10-12-28(13-11-27)42-21-29-14-15-30(44-29)34(39)37-36-19-25-17-31(40-3)33(32(18-25)41-4)43-20-24-6-5-7-26(35)16-24/h5-19H,20-21H2,1-4H3,(H,37,39)/b36-19+. The number of halogens is 1. The van der Waals surface area contributed by atoms with Gasteiger partial charge in [-0.2, -0.15) is 5.10 Å². The van der Waals surface area contributed by atoms with E-state index in [9.17, 15) is 9.18 Å². The predicted octanol–water partition coefficient (Wildman–Crippen LogP) is 6.77. The molecule has 0 radical (unpaired) electrons. The SMILES string of the molecule is COc1cc(/C=N/NC(=O)c2ccc(COc3ccc(-n4c(C)ccc4C)cc3)o2)cc(OC)c1OCc1cccc(F)c1. The Balaban J connectivity index is 1.16. The van der Waals surface area contributed by atoms with Gasteiger partial charge in [-0.3, -0.25) is 4.79 Å². The summed E-state index contributed by atoms with van der Waals surface area (Å²) in [7, 11) is 2.98. The number of hydrogen-bond acceptors (Lipinski definition) is 7. The van der Waals surface area contributed by atoms with Crippen LogP contribution in [-0.4, -0.2) is 30.9 Å². The molecule has 2 aromatic heterocycles. The number of amides is 1. The van der Waals surface area contributed by atoms with Crippen LogP contribution in [0.25, 0.3) is 5.69 Å². The topological polar surface area (TPSA) is 96.5 Å². The third kappa shape index (κ3) is 7.09. The van der Waals surface area contributed by atoms with Crippen molar-refractivity contribution in [3.63, 3.8) is 0 Å². The van der Waals surface area contributed by atoms with Gasteiger partial charge in [-0.05, 0) is 92.2 Å². The first-order chi connectivity index (χ1) is 21.3. The zero-order valence-electron chi connectivity index (χ0n) is 24.8. The van der Waals surface area contributed by atoms with Crippen LogP contribution in [0.3, 0.4) is 0 Å². The molecule has 9 nitrogen and oxygen atoms in total. The van der Waals surface area contributed by atoms with Crippen LogP contribution in [0.1, 0.15) is 38.8 Å². The number of furan rings is 1. The molecule has 1 N–H and O–H groups in total. The highest BCUT2D eigenvalue weighted by Crippen LogP contribution is 2.38. The normalized spacial score (nSPS) is 11.0. The number of methoxy groups -OCH3 is 2. The summed E-state index contributed by atoms with van der Waals surface area (Å²) in [5, 5.41) is 4.03. The fourth-order valence-corrected chi connectivity index (χ4v) is 4.62. The molecule has 0 fully saturated rings. The van der Waals surface area contributed by atoms with Gasteiger partial charge < -0.3 is 27.9 Å². The summed E-state index contributed by atoms with van der Waals surface area (Å²) < 4.78 is 44.0. The van der Waals surface area contributed by atoms with Crippen molar-refractivity contribution >= 4 is 12.1 Å². The van der Waals surface area contributed by atoms with Crippen LogP contribution >= 0.6 is 0 Å². The number of ether oxygens (including phenoxy) is 4. The molecule has 0 bridgehead atoms. The van der Waals surface area contributed by atoms with Gasteiger partial charge in [-0.15, -0.1) is 0 Å². The fraction of sp³-hybridized carbons (Fsp3) is 0.176. The smallest absolute Gasteiger partial charge is 0.307 e. The minimum absolute atomic E-state index is 0.0888. The van der Waals surface area contributed by atoms with Crippen LogP contribution in [-0.2, 0) is 13.2 Å². The average Bonchev–Trinajstić information content (AvgIpc) is 3.65. The Morgan fingerprint density at radius 3 is 2.25 bits per heavy atom. The van der Waals surface area contributed by atoms with E-state index in [2.05, 4.69) is 41.1 Å². The van der Waals surface area contributed by atoms with Crippen molar-refractivity contribution in [3.8, 4) is 28.7 Å². The Labute approximate surface area is 254 Å². The molecule has 1 amide bonds. The monoisotopic (exact) mass is 597 g/mol. The van der Waals surface area contributed by atoms with E-state index in [1.54, 1.807) is 36.4 Å². The fourth-order valence-electron chi connectivity index (χ4n) is 4.62. The van der Waals surface area contributed by atoms with Crippen LogP contribution in [0.5, 0.6) is 23.0 Å². The molecule has 2 heterocycles. The molecule has 0 saturated heterocycles. The molecule has 226 valence electrons. The first kappa shape index (κ1) is 30.0. The van der Waals surface area contributed by atoms with Crippen molar-refractivity contribution < 1.29 is 32.5 Å². The van der Waals surface area contributed by atoms with Crippen molar-refractivity contribution in [2.24, 2.45) is 5.10 Å². The van der Waals surface area contributed by atoms with E-state index in [1.165, 1.54) is 32.6 Å². The summed E-state index contributed by atoms with van der Waals surface area (Å²) >= 11 is 0. The summed E-state index contributed by atoms with van der Waals surface area (Å²) in [6, 6.07) is 24.6. The number of hydrogen-bond donors (Lipinski definition) is 1. The number of aryl methyl sites for hydroxylation is 2. The molecular formula is C34H32FN3O6. The molecule has 5 rings (SSSR count). The van der Waals surface area contributed by atoms with Crippen LogP contribution in [0.15, 0.2) is 94.4 Å². The van der Waals surface area contributed by atoms with Crippen molar-refractivity contribution in [1.29, 1.82) is 0 Å². The summed E-state index contributed by atoms with van der Waals surface area (Å²) in [5.74, 6) is 1.50. The molecule has 0 atom stereocenters. The van der Waals surface area contributed by atoms with Gasteiger partial charge in [0, 0.05) is 22.6 Å². The number of aromatic nitrogens is 1. The average molecular weight is 598 g/mol. The third-order valence-electron chi connectivity index (χ3n) is 6.77. The molecule has 0 unspecified atom stereocenters. The van der Waals surface area contributed by atoms with Crippen LogP contribution in [0, 0.1) is 19.7 Å². The minimum atomic E-state index is -0.525. The Morgan fingerprint density at radius 1 is 0.886 bits per heavy atom. The predicted molar refractivity (Wildman–Crippen MR) is 164 cm³/mol. The first-order valence-electron chi connectivity index (χ1n) is 13.8. The van der Waals surface area contributed by atoms with Crippen molar-refractivity contribution in [1.82, 2.24) is 9.99 Å². The van der Waals surface area contributed by atoms with E-state index in [0.717, 1.165) is 17.1 Å². The highest BCUT2D eigenvalue weighted by molar-refractivity contribution is 5.92. The van der Waals surface area contributed by atoms with Crippen molar-refractivity contribution in [3.05, 3.63) is 125 Å². The van der Waals surface area contributed by atoms with Gasteiger partial charge in [0.05, 0.1) is 20.4 Å². The highest BCUT2D eigenvalue weighted by Gasteiger charge is 2.15. The lowest BCUT2D eigenvalue weighted by atomic mass is 10.2. The Morgan fingerprint density at radius 2 is 1.59 bits per heavy atom. The zero-order valence-corrected chi connectivity index (χ0v) is 24.8. The third-order valence-corrected chi connectivity index (χ3v) is 6.77. The first-order valence-corrected chi connectivity index (χ1v) is 13.8. The van der Waals surface area contributed by atoms with E-state index < -0.39 is 5.91 Å². The minimum Gasteiger partial charge on any atom is -0.493 e. The Bertz CT molecular complexity index is 1730. The van der Waals surface area contributed by atoms with Gasteiger partial charge in [0.1, 0.15) is 30.5 Å². The summed E-state index contributed by atoms with van der Waals surface area (Å²) in [6.07, 6.45) is 1.44. The maximum atomic E-state index is 13.5. The largest absolute Gasteiger partial charge is 0.493 e. The van der Waals surface area contributed by atoms with Crippen molar-refractivity contribution in [2.75, 3.05) is 14.2 Å². The number of benzene rings is 3. The zero-order chi connectivity index (χ0) is 31.1. The molecule has 44 heavy (non-hydrogen) atoms. The van der Waals surface area contributed by atoms with Gasteiger partial charge in [0.15, 0.2) is 17.3 Å². The number of hydrazone groups is 1. The molecule has 0 saturated carbocycles. The molecule has 5 aromatic rings. The van der Waals surface area contributed by atoms with Crippen LogP contribution in [0.4, 0.5) is 4.39 Å². The highest BCUT2D eigenvalue weighted by atomic mass is 19.1. The maximum absolute atomic E-state index is 13.5. The van der Waals surface area contributed by atoms with E-state index in [1.807, 2.05) is 24.3 Å². The molecule has 0 aliphatic rings. The summed E-state index contributed by atoms with van der Waals surface area (Å²) in [4.78, 5) is 12.6. The number of nitrogens with one attached hydrogen (secondary N) is 1. The lowest BCUT2D eigenvalue weighted by Gasteiger charge is -2.15. The van der Waals surface area contributed by atoms with Crippen molar-refractivity contribution in [2.45, 2.75) is 27.1 Å². The van der Waals surface area contributed by atoms with Gasteiger partial charge in [-0.1, -0.05) is 12.1 Å². The maximum Gasteiger partial charge on any atom is 0.307 e. The van der Waals surface area contributed by atoms with E-state index in [0.29, 0.717) is 39.9 Å². The number of carbonyl (C=O) groups excluding carboxylic acids is 1. The lowest BCUT2D eigenvalue weighted by molar-refractivity contribution is 0.0923. The molecule has 0 spiro atoms. The molecular weight excluding hydrogens is 565 g/mol. The number of rotatable bonds is 12. The number of carbonyl (C=O) groups is 1. The quantitative estimate of drug-likeness (QED) is 0.126. The van der Waals surface area contributed by atoms with E-state index in [-0.39, 0.29) is 24.8 Å².